The minimum atomic E-state index is -4.24. The highest BCUT2D eigenvalue weighted by Gasteiger charge is 2.31. The van der Waals surface area contributed by atoms with Crippen molar-refractivity contribution in [3.8, 4) is 11.3 Å². The van der Waals surface area contributed by atoms with Crippen LogP contribution in [0.25, 0.3) is 22.2 Å². The molecular weight excluding hydrogens is 422 g/mol. The Balaban J connectivity index is 2.44. The molecule has 0 atom stereocenters. The van der Waals surface area contributed by atoms with Gasteiger partial charge in [0, 0.05) is 24.7 Å². The fourth-order valence-corrected chi connectivity index (χ4v) is 4.39. The first kappa shape index (κ1) is 22.5. The predicted octanol–water partition coefficient (Wildman–Crippen LogP) is 1.29. The SMILES string of the molecule is CC(C)C(=O)N(n1c(=O)[nH]c2cc(C(C)C)c(-c3ccnn3C)cc2c1=O)S(C)(=O)=O. The van der Waals surface area contributed by atoms with Crippen molar-refractivity contribution in [2.75, 3.05) is 10.7 Å². The van der Waals surface area contributed by atoms with Crippen LogP contribution in [0.3, 0.4) is 0 Å². The van der Waals surface area contributed by atoms with Crippen LogP contribution in [0, 0.1) is 5.92 Å². The second-order valence-electron chi connectivity index (χ2n) is 8.03. The van der Waals surface area contributed by atoms with Gasteiger partial charge in [-0.1, -0.05) is 27.7 Å². The number of aromatic amines is 1. The Labute approximate surface area is 179 Å². The standard InChI is InChI=1S/C20H25N5O5S/c1-11(2)13-10-16-15(9-14(13)17-7-8-21-23(17)5)19(27)24(20(28)22-16)25(31(6,29)30)18(26)12(3)4/h7-12H,1-6H3,(H,22,28). The van der Waals surface area contributed by atoms with Gasteiger partial charge < -0.3 is 4.98 Å². The molecule has 1 N–H and O–H groups in total. The highest BCUT2D eigenvalue weighted by atomic mass is 32.2. The summed E-state index contributed by atoms with van der Waals surface area (Å²) >= 11 is 0. The van der Waals surface area contributed by atoms with Crippen molar-refractivity contribution in [3.05, 3.63) is 50.8 Å². The van der Waals surface area contributed by atoms with Gasteiger partial charge in [0.25, 0.3) is 21.5 Å². The monoisotopic (exact) mass is 447 g/mol. The highest BCUT2D eigenvalue weighted by Crippen LogP contribution is 2.31. The zero-order valence-electron chi connectivity index (χ0n) is 18.2. The van der Waals surface area contributed by atoms with Crippen LogP contribution >= 0.6 is 0 Å². The summed E-state index contributed by atoms with van der Waals surface area (Å²) < 4.78 is 26.9. The van der Waals surface area contributed by atoms with E-state index in [4.69, 9.17) is 0 Å². The Morgan fingerprint density at radius 3 is 2.29 bits per heavy atom. The van der Waals surface area contributed by atoms with Crippen LogP contribution in [-0.4, -0.2) is 40.0 Å². The molecule has 1 aromatic carbocycles. The lowest BCUT2D eigenvalue weighted by molar-refractivity contribution is -0.121. The minimum Gasteiger partial charge on any atom is -0.305 e. The molecule has 10 nitrogen and oxygen atoms in total. The van der Waals surface area contributed by atoms with Gasteiger partial charge in [0.15, 0.2) is 0 Å². The summed E-state index contributed by atoms with van der Waals surface area (Å²) in [6, 6.07) is 5.09. The van der Waals surface area contributed by atoms with Crippen molar-refractivity contribution in [2.45, 2.75) is 33.6 Å². The largest absolute Gasteiger partial charge is 0.349 e. The third-order valence-electron chi connectivity index (χ3n) is 4.94. The number of carbonyl (C=O) groups is 1. The number of nitrogens with one attached hydrogen (secondary N) is 1. The van der Waals surface area contributed by atoms with Crippen molar-refractivity contribution in [2.24, 2.45) is 13.0 Å². The van der Waals surface area contributed by atoms with E-state index in [1.54, 1.807) is 36.1 Å². The average Bonchev–Trinajstić information content (AvgIpc) is 3.08. The van der Waals surface area contributed by atoms with Crippen LogP contribution in [0.1, 0.15) is 39.2 Å². The van der Waals surface area contributed by atoms with Crippen LogP contribution in [0.15, 0.2) is 34.0 Å². The van der Waals surface area contributed by atoms with E-state index in [9.17, 15) is 22.8 Å². The molecule has 3 aromatic rings. The lowest BCUT2D eigenvalue weighted by Crippen LogP contribution is -2.56. The second kappa shape index (κ2) is 7.80. The van der Waals surface area contributed by atoms with E-state index in [2.05, 4.69) is 10.1 Å². The van der Waals surface area contributed by atoms with Crippen LogP contribution < -0.4 is 15.7 Å². The summed E-state index contributed by atoms with van der Waals surface area (Å²) in [6.07, 6.45) is 2.40. The number of carbonyl (C=O) groups excluding carboxylic acids is 1. The fraction of sp³-hybridized carbons (Fsp3) is 0.400. The Bertz CT molecular complexity index is 1400. The number of rotatable bonds is 5. The predicted molar refractivity (Wildman–Crippen MR) is 118 cm³/mol. The maximum absolute atomic E-state index is 13.3. The molecule has 31 heavy (non-hydrogen) atoms. The summed E-state index contributed by atoms with van der Waals surface area (Å²) in [5.41, 5.74) is 0.686. The number of hydrogen-bond acceptors (Lipinski definition) is 6. The van der Waals surface area contributed by atoms with Gasteiger partial charge in [-0.15, -0.1) is 9.09 Å². The van der Waals surface area contributed by atoms with E-state index in [0.29, 0.717) is 4.68 Å². The number of sulfonamides is 1. The smallest absolute Gasteiger partial charge is 0.305 e. The number of hydrogen-bond donors (Lipinski definition) is 1. The van der Waals surface area contributed by atoms with Gasteiger partial charge in [-0.3, -0.25) is 14.3 Å². The topological polar surface area (TPSA) is 127 Å². The van der Waals surface area contributed by atoms with Crippen molar-refractivity contribution in [3.63, 3.8) is 0 Å². The molecule has 0 spiro atoms. The first-order chi connectivity index (χ1) is 14.3. The lowest BCUT2D eigenvalue weighted by Gasteiger charge is -2.23. The molecule has 0 aliphatic carbocycles. The van der Waals surface area contributed by atoms with Gasteiger partial charge >= 0.3 is 5.69 Å². The van der Waals surface area contributed by atoms with E-state index < -0.39 is 33.1 Å². The highest BCUT2D eigenvalue weighted by molar-refractivity contribution is 7.92. The number of aromatic nitrogens is 4. The quantitative estimate of drug-likeness (QED) is 0.628. The first-order valence-corrected chi connectivity index (χ1v) is 11.5. The number of fused-ring (bicyclic) bond motifs is 1. The fourth-order valence-electron chi connectivity index (χ4n) is 3.41. The van der Waals surface area contributed by atoms with Crippen LogP contribution in [0.2, 0.25) is 0 Å². The molecule has 0 saturated heterocycles. The summed E-state index contributed by atoms with van der Waals surface area (Å²) in [7, 11) is -2.48. The molecule has 0 radical (unpaired) electrons. The average molecular weight is 448 g/mol. The molecule has 1 amide bonds. The first-order valence-electron chi connectivity index (χ1n) is 9.70. The van der Waals surface area contributed by atoms with Crippen LogP contribution in [-0.2, 0) is 21.9 Å². The number of aryl methyl sites for hydroxylation is 1. The maximum Gasteiger partial charge on any atom is 0.349 e. The number of benzene rings is 1. The zero-order valence-corrected chi connectivity index (χ0v) is 19.0. The molecule has 0 unspecified atom stereocenters. The van der Waals surface area contributed by atoms with E-state index in [0.717, 1.165) is 23.1 Å². The van der Waals surface area contributed by atoms with E-state index in [1.807, 2.05) is 13.8 Å². The minimum absolute atomic E-state index is 0.0651. The van der Waals surface area contributed by atoms with E-state index in [1.165, 1.54) is 13.8 Å². The van der Waals surface area contributed by atoms with E-state index in [-0.39, 0.29) is 21.2 Å². The third kappa shape index (κ3) is 3.92. The van der Waals surface area contributed by atoms with Crippen molar-refractivity contribution >= 4 is 26.8 Å². The van der Waals surface area contributed by atoms with Crippen LogP contribution in [0.4, 0.5) is 0 Å². The molecule has 166 valence electrons. The van der Waals surface area contributed by atoms with Crippen molar-refractivity contribution in [1.29, 1.82) is 0 Å². The Morgan fingerprint density at radius 1 is 1.16 bits per heavy atom. The van der Waals surface area contributed by atoms with Gasteiger partial charge in [0.05, 0.1) is 22.9 Å². The molecular formula is C20H25N5O5S. The molecule has 0 aliphatic rings. The number of nitrogens with zero attached hydrogens (tertiary/aromatic N) is 4. The Hall–Kier alpha value is -3.21. The molecule has 0 fully saturated rings. The Kier molecular flexibility index (Phi) is 5.66. The van der Waals surface area contributed by atoms with Crippen molar-refractivity contribution in [1.82, 2.24) is 19.4 Å². The van der Waals surface area contributed by atoms with Crippen molar-refractivity contribution < 1.29 is 13.2 Å². The normalized spacial score (nSPS) is 12.1. The number of amides is 1. The summed E-state index contributed by atoms with van der Waals surface area (Å²) in [4.78, 5) is 41.2. The van der Waals surface area contributed by atoms with Gasteiger partial charge in [-0.25, -0.2) is 13.2 Å². The van der Waals surface area contributed by atoms with Crippen LogP contribution in [0.5, 0.6) is 0 Å². The lowest BCUT2D eigenvalue weighted by atomic mass is 9.93. The summed E-state index contributed by atoms with van der Waals surface area (Å²) in [5.74, 6) is -1.58. The Morgan fingerprint density at radius 2 is 1.81 bits per heavy atom. The third-order valence-corrected chi connectivity index (χ3v) is 5.92. The molecule has 11 heteroatoms. The van der Waals surface area contributed by atoms with Gasteiger partial charge in [0.2, 0.25) is 0 Å². The van der Waals surface area contributed by atoms with E-state index >= 15 is 0 Å². The van der Waals surface area contributed by atoms with Gasteiger partial charge in [0.1, 0.15) is 0 Å². The van der Waals surface area contributed by atoms with Gasteiger partial charge in [-0.2, -0.15) is 5.10 Å². The molecule has 2 aromatic heterocycles. The molecule has 3 rings (SSSR count). The maximum atomic E-state index is 13.3. The molecule has 0 saturated carbocycles. The summed E-state index contributed by atoms with van der Waals surface area (Å²) in [6.45, 7) is 6.92. The summed E-state index contributed by atoms with van der Waals surface area (Å²) in [5, 5.41) is 4.25. The zero-order chi connectivity index (χ0) is 23.2. The van der Waals surface area contributed by atoms with Gasteiger partial charge in [-0.05, 0) is 29.7 Å². The molecule has 0 bridgehead atoms. The second-order valence-corrected chi connectivity index (χ2v) is 9.84. The molecule has 2 heterocycles. The molecule has 0 aliphatic heterocycles. The number of H-pyrrole nitrogens is 1.